The lowest BCUT2D eigenvalue weighted by atomic mass is 9.87. The SMILES string of the molecule is CCCNC(=O)c1ccc(COc2ccc3c(c2)C(c2ccccc2)N(C(=O)C2CC2)CC3)o1. The van der Waals surface area contributed by atoms with Crippen molar-refractivity contribution in [2.45, 2.75) is 45.3 Å². The van der Waals surface area contributed by atoms with Gasteiger partial charge in [0, 0.05) is 19.0 Å². The summed E-state index contributed by atoms with van der Waals surface area (Å²) in [6.07, 6.45) is 3.70. The van der Waals surface area contributed by atoms with Gasteiger partial charge in [0.1, 0.15) is 18.1 Å². The molecule has 1 saturated carbocycles. The van der Waals surface area contributed by atoms with Crippen LogP contribution in [0.25, 0.3) is 0 Å². The third kappa shape index (κ3) is 4.72. The van der Waals surface area contributed by atoms with Gasteiger partial charge >= 0.3 is 0 Å². The summed E-state index contributed by atoms with van der Waals surface area (Å²) in [5, 5.41) is 2.81. The lowest BCUT2D eigenvalue weighted by Crippen LogP contribution is -2.41. The maximum atomic E-state index is 13.1. The minimum absolute atomic E-state index is 0.112. The third-order valence-electron chi connectivity index (χ3n) is 6.47. The second-order valence-electron chi connectivity index (χ2n) is 9.04. The number of carbonyl (C=O) groups excluding carboxylic acids is 2. The number of benzene rings is 2. The largest absolute Gasteiger partial charge is 0.486 e. The summed E-state index contributed by atoms with van der Waals surface area (Å²) in [4.78, 5) is 27.3. The Morgan fingerprint density at radius 1 is 1.09 bits per heavy atom. The fraction of sp³-hybridized carbons (Fsp3) is 0.357. The zero-order valence-corrected chi connectivity index (χ0v) is 19.5. The van der Waals surface area contributed by atoms with Crippen molar-refractivity contribution >= 4 is 11.8 Å². The van der Waals surface area contributed by atoms with Crippen LogP contribution in [-0.4, -0.2) is 29.8 Å². The summed E-state index contributed by atoms with van der Waals surface area (Å²) >= 11 is 0. The van der Waals surface area contributed by atoms with E-state index in [1.54, 1.807) is 12.1 Å². The zero-order chi connectivity index (χ0) is 23.5. The van der Waals surface area contributed by atoms with Crippen molar-refractivity contribution in [1.29, 1.82) is 0 Å². The second kappa shape index (κ2) is 9.75. The Labute approximate surface area is 199 Å². The standard InChI is InChI=1S/C28H30N2O4/c1-2-15-29-27(31)25-13-12-23(34-25)18-33-22-11-10-19-14-16-30(28(32)21-8-9-21)26(24(19)17-22)20-6-4-3-5-7-20/h3-7,10-13,17,21,26H,2,8-9,14-16,18H2,1H3,(H,29,31). The second-order valence-corrected chi connectivity index (χ2v) is 9.04. The molecule has 6 nitrogen and oxygen atoms in total. The van der Waals surface area contributed by atoms with E-state index in [1.807, 2.05) is 36.1 Å². The number of carbonyl (C=O) groups is 2. The Morgan fingerprint density at radius 2 is 1.91 bits per heavy atom. The number of nitrogens with one attached hydrogen (secondary N) is 1. The molecule has 6 heteroatoms. The van der Waals surface area contributed by atoms with Crippen LogP contribution in [0.1, 0.15) is 65.2 Å². The molecule has 1 fully saturated rings. The molecule has 3 aromatic rings. The summed E-state index contributed by atoms with van der Waals surface area (Å²) in [5.41, 5.74) is 3.47. The van der Waals surface area contributed by atoms with E-state index < -0.39 is 0 Å². The number of fused-ring (bicyclic) bond motifs is 1. The minimum Gasteiger partial charge on any atom is -0.486 e. The topological polar surface area (TPSA) is 71.8 Å². The number of amides is 2. The molecule has 2 aliphatic rings. The van der Waals surface area contributed by atoms with Crippen molar-refractivity contribution < 1.29 is 18.7 Å². The first-order chi connectivity index (χ1) is 16.6. The van der Waals surface area contributed by atoms with Crippen molar-refractivity contribution in [2.24, 2.45) is 5.92 Å². The van der Waals surface area contributed by atoms with Gasteiger partial charge in [-0.1, -0.05) is 43.3 Å². The summed E-state index contributed by atoms with van der Waals surface area (Å²) < 4.78 is 11.7. The van der Waals surface area contributed by atoms with Crippen LogP contribution in [0, 0.1) is 5.92 Å². The first kappa shape index (κ1) is 22.3. The molecule has 2 heterocycles. The number of nitrogens with zero attached hydrogens (tertiary/aromatic N) is 1. The molecule has 1 N–H and O–H groups in total. The predicted molar refractivity (Wildman–Crippen MR) is 129 cm³/mol. The van der Waals surface area contributed by atoms with Crippen molar-refractivity contribution in [3.63, 3.8) is 0 Å². The Balaban J connectivity index is 1.36. The molecule has 1 aromatic heterocycles. The molecule has 34 heavy (non-hydrogen) atoms. The maximum absolute atomic E-state index is 13.1. The number of ether oxygens (including phenoxy) is 1. The Morgan fingerprint density at radius 3 is 2.68 bits per heavy atom. The molecule has 5 rings (SSSR count). The Kier molecular flexibility index (Phi) is 6.39. The van der Waals surface area contributed by atoms with Gasteiger partial charge in [0.2, 0.25) is 5.91 Å². The number of hydrogen-bond donors (Lipinski definition) is 1. The van der Waals surface area contributed by atoms with E-state index in [9.17, 15) is 9.59 Å². The van der Waals surface area contributed by atoms with Gasteiger partial charge in [0.05, 0.1) is 6.04 Å². The van der Waals surface area contributed by atoms with E-state index >= 15 is 0 Å². The number of rotatable bonds is 8. The van der Waals surface area contributed by atoms with Crippen LogP contribution in [-0.2, 0) is 17.8 Å². The lowest BCUT2D eigenvalue weighted by Gasteiger charge is -2.38. The van der Waals surface area contributed by atoms with Gasteiger partial charge in [-0.15, -0.1) is 0 Å². The maximum Gasteiger partial charge on any atom is 0.286 e. The van der Waals surface area contributed by atoms with E-state index in [-0.39, 0.29) is 36.1 Å². The van der Waals surface area contributed by atoms with Crippen LogP contribution in [0.15, 0.2) is 65.1 Å². The number of hydrogen-bond acceptors (Lipinski definition) is 4. The van der Waals surface area contributed by atoms with E-state index in [2.05, 4.69) is 29.6 Å². The molecule has 1 aliphatic heterocycles. The van der Waals surface area contributed by atoms with Crippen molar-refractivity contribution in [3.8, 4) is 5.75 Å². The van der Waals surface area contributed by atoms with Gasteiger partial charge in [-0.25, -0.2) is 0 Å². The molecule has 0 bridgehead atoms. The highest BCUT2D eigenvalue weighted by atomic mass is 16.5. The molecule has 176 valence electrons. The van der Waals surface area contributed by atoms with Gasteiger partial charge < -0.3 is 19.4 Å². The van der Waals surface area contributed by atoms with Crippen molar-refractivity contribution in [2.75, 3.05) is 13.1 Å². The highest BCUT2D eigenvalue weighted by molar-refractivity contribution is 5.91. The van der Waals surface area contributed by atoms with Gasteiger partial charge in [-0.2, -0.15) is 0 Å². The van der Waals surface area contributed by atoms with Gasteiger partial charge in [0.15, 0.2) is 5.76 Å². The molecule has 1 aliphatic carbocycles. The molecule has 0 spiro atoms. The summed E-state index contributed by atoms with van der Waals surface area (Å²) in [6.45, 7) is 3.57. The predicted octanol–water partition coefficient (Wildman–Crippen LogP) is 4.88. The Hall–Kier alpha value is -3.54. The van der Waals surface area contributed by atoms with E-state index in [1.165, 1.54) is 5.56 Å². The highest BCUT2D eigenvalue weighted by Gasteiger charge is 2.39. The van der Waals surface area contributed by atoms with Gasteiger partial charge in [-0.3, -0.25) is 9.59 Å². The summed E-state index contributed by atoms with van der Waals surface area (Å²) in [5.74, 6) is 1.81. The van der Waals surface area contributed by atoms with Gasteiger partial charge in [0.25, 0.3) is 5.91 Å². The van der Waals surface area contributed by atoms with Gasteiger partial charge in [-0.05, 0) is 66.6 Å². The molecule has 1 atom stereocenters. The number of furan rings is 1. The lowest BCUT2D eigenvalue weighted by molar-refractivity contribution is -0.134. The molecule has 2 amide bonds. The molecular formula is C28H30N2O4. The van der Waals surface area contributed by atoms with Crippen LogP contribution < -0.4 is 10.1 Å². The van der Waals surface area contributed by atoms with E-state index in [0.29, 0.717) is 18.1 Å². The fourth-order valence-electron chi connectivity index (χ4n) is 4.54. The van der Waals surface area contributed by atoms with Crippen molar-refractivity contribution in [1.82, 2.24) is 10.2 Å². The summed E-state index contributed by atoms with van der Waals surface area (Å²) in [7, 11) is 0. The zero-order valence-electron chi connectivity index (χ0n) is 19.5. The van der Waals surface area contributed by atoms with E-state index in [0.717, 1.165) is 43.4 Å². The molecule has 2 aromatic carbocycles. The molecular weight excluding hydrogens is 428 g/mol. The average molecular weight is 459 g/mol. The normalized spacial score (nSPS) is 17.2. The summed E-state index contributed by atoms with van der Waals surface area (Å²) in [6, 6.07) is 19.7. The molecule has 0 saturated heterocycles. The van der Waals surface area contributed by atoms with Crippen LogP contribution in [0.4, 0.5) is 0 Å². The highest BCUT2D eigenvalue weighted by Crippen LogP contribution is 2.41. The first-order valence-corrected chi connectivity index (χ1v) is 12.1. The van der Waals surface area contributed by atoms with Crippen molar-refractivity contribution in [3.05, 3.63) is 88.9 Å². The minimum atomic E-state index is -0.215. The third-order valence-corrected chi connectivity index (χ3v) is 6.47. The van der Waals surface area contributed by atoms with Crippen LogP contribution in [0.5, 0.6) is 5.75 Å². The average Bonchev–Trinajstić information content (AvgIpc) is 3.62. The molecule has 1 unspecified atom stereocenters. The van der Waals surface area contributed by atoms with Crippen LogP contribution in [0.2, 0.25) is 0 Å². The fourth-order valence-corrected chi connectivity index (χ4v) is 4.54. The van der Waals surface area contributed by atoms with E-state index in [4.69, 9.17) is 9.15 Å². The molecule has 0 radical (unpaired) electrons. The first-order valence-electron chi connectivity index (χ1n) is 12.1. The smallest absolute Gasteiger partial charge is 0.286 e. The van der Waals surface area contributed by atoms with Crippen LogP contribution >= 0.6 is 0 Å². The quantitative estimate of drug-likeness (QED) is 0.522. The Bertz CT molecular complexity index is 1170. The van der Waals surface area contributed by atoms with Crippen LogP contribution in [0.3, 0.4) is 0 Å². The monoisotopic (exact) mass is 458 g/mol.